The average molecular weight is 230 g/mol. The molecule has 1 amide bonds. The Morgan fingerprint density at radius 1 is 1.13 bits per heavy atom. The summed E-state index contributed by atoms with van der Waals surface area (Å²) < 4.78 is 0. The molecule has 15 heavy (non-hydrogen) atoms. The molecule has 0 aliphatic carbocycles. The van der Waals surface area contributed by atoms with Gasteiger partial charge < -0.3 is 10.6 Å². The Kier molecular flexibility index (Phi) is 4.71. The molecule has 0 saturated heterocycles. The van der Waals surface area contributed by atoms with Gasteiger partial charge in [-0.25, -0.2) is 0 Å². The van der Waals surface area contributed by atoms with E-state index < -0.39 is 0 Å². The standard InChI is InChI=1S/C11H22N2OS/c1-10(2,3)7-8(14)12-9(15)13-11(4,5)6/h7H2,1-6H3,(H2,12,13,14,15). The van der Waals surface area contributed by atoms with Gasteiger partial charge in [0.25, 0.3) is 0 Å². The maximum Gasteiger partial charge on any atom is 0.226 e. The number of amides is 1. The van der Waals surface area contributed by atoms with Gasteiger partial charge in [-0.3, -0.25) is 4.79 Å². The van der Waals surface area contributed by atoms with Gasteiger partial charge in [-0.1, -0.05) is 20.8 Å². The molecule has 0 spiro atoms. The molecule has 2 N–H and O–H groups in total. The predicted octanol–water partition coefficient (Wildman–Crippen LogP) is 2.21. The Hall–Kier alpha value is -0.640. The lowest BCUT2D eigenvalue weighted by Crippen LogP contribution is -2.48. The Balaban J connectivity index is 4.04. The Morgan fingerprint density at radius 3 is 1.93 bits per heavy atom. The van der Waals surface area contributed by atoms with Crippen LogP contribution < -0.4 is 10.6 Å². The number of hydrogen-bond donors (Lipinski definition) is 2. The van der Waals surface area contributed by atoms with Crippen molar-refractivity contribution < 1.29 is 4.79 Å². The molecule has 0 aliphatic rings. The molecular formula is C11H22N2OS. The fraction of sp³-hybridized carbons (Fsp3) is 0.818. The molecule has 0 fully saturated rings. The number of nitrogens with one attached hydrogen (secondary N) is 2. The Labute approximate surface area is 98.0 Å². The molecule has 0 heterocycles. The molecule has 0 aromatic carbocycles. The molecule has 0 aliphatic heterocycles. The maximum absolute atomic E-state index is 11.5. The van der Waals surface area contributed by atoms with Crippen molar-refractivity contribution in [1.82, 2.24) is 10.6 Å². The van der Waals surface area contributed by atoms with E-state index in [1.807, 2.05) is 41.5 Å². The minimum absolute atomic E-state index is 0.0125. The van der Waals surface area contributed by atoms with E-state index >= 15 is 0 Å². The van der Waals surface area contributed by atoms with Gasteiger partial charge in [0, 0.05) is 12.0 Å². The SMILES string of the molecule is CC(C)(C)CC(=O)NC(=S)NC(C)(C)C. The Bertz CT molecular complexity index is 222. The molecule has 0 saturated carbocycles. The average Bonchev–Trinajstić information content (AvgIpc) is 1.73. The smallest absolute Gasteiger partial charge is 0.226 e. The van der Waals surface area contributed by atoms with Crippen molar-refractivity contribution >= 4 is 23.2 Å². The van der Waals surface area contributed by atoms with Gasteiger partial charge >= 0.3 is 0 Å². The first-order valence-corrected chi connectivity index (χ1v) is 5.52. The van der Waals surface area contributed by atoms with Crippen LogP contribution in [0.4, 0.5) is 0 Å². The zero-order chi connectivity index (χ0) is 12.3. The third-order valence-electron chi connectivity index (χ3n) is 1.43. The van der Waals surface area contributed by atoms with Crippen LogP contribution in [0.1, 0.15) is 48.0 Å². The first-order valence-electron chi connectivity index (χ1n) is 5.12. The molecular weight excluding hydrogens is 208 g/mol. The monoisotopic (exact) mass is 230 g/mol. The molecule has 0 aromatic rings. The normalized spacial score (nSPS) is 12.1. The van der Waals surface area contributed by atoms with E-state index in [1.165, 1.54) is 0 Å². The second kappa shape index (κ2) is 4.92. The lowest BCUT2D eigenvalue weighted by molar-refractivity contribution is -0.121. The quantitative estimate of drug-likeness (QED) is 0.679. The predicted molar refractivity (Wildman–Crippen MR) is 67.7 cm³/mol. The molecule has 88 valence electrons. The van der Waals surface area contributed by atoms with E-state index in [0.717, 1.165) is 0 Å². The fourth-order valence-corrected chi connectivity index (χ4v) is 1.44. The van der Waals surface area contributed by atoms with E-state index in [0.29, 0.717) is 11.5 Å². The van der Waals surface area contributed by atoms with Crippen molar-refractivity contribution in [3.8, 4) is 0 Å². The summed E-state index contributed by atoms with van der Waals surface area (Å²) >= 11 is 5.02. The van der Waals surface area contributed by atoms with Crippen molar-refractivity contribution in [2.24, 2.45) is 5.41 Å². The minimum Gasteiger partial charge on any atom is -0.358 e. The number of carbonyl (C=O) groups excluding carboxylic acids is 1. The number of hydrogen-bond acceptors (Lipinski definition) is 2. The van der Waals surface area contributed by atoms with Crippen LogP contribution in [-0.4, -0.2) is 16.6 Å². The molecule has 4 heteroatoms. The molecule has 0 radical (unpaired) electrons. The molecule has 0 bridgehead atoms. The van der Waals surface area contributed by atoms with Crippen LogP contribution in [0.2, 0.25) is 0 Å². The van der Waals surface area contributed by atoms with Gasteiger partial charge in [0.2, 0.25) is 5.91 Å². The first-order chi connectivity index (χ1) is 6.49. The summed E-state index contributed by atoms with van der Waals surface area (Å²) in [5.74, 6) is -0.0377. The second-order valence-corrected chi connectivity index (χ2v) is 6.40. The van der Waals surface area contributed by atoms with Gasteiger partial charge in [0.1, 0.15) is 0 Å². The van der Waals surface area contributed by atoms with E-state index in [-0.39, 0.29) is 16.9 Å². The van der Waals surface area contributed by atoms with Crippen molar-refractivity contribution in [2.75, 3.05) is 0 Å². The summed E-state index contributed by atoms with van der Waals surface area (Å²) in [6.07, 6.45) is 0.471. The summed E-state index contributed by atoms with van der Waals surface area (Å²) in [4.78, 5) is 11.5. The van der Waals surface area contributed by atoms with Crippen LogP contribution in [0.25, 0.3) is 0 Å². The van der Waals surface area contributed by atoms with E-state index in [9.17, 15) is 4.79 Å². The highest BCUT2D eigenvalue weighted by Crippen LogP contribution is 2.17. The maximum atomic E-state index is 11.5. The third kappa shape index (κ3) is 9.66. The van der Waals surface area contributed by atoms with Crippen LogP contribution >= 0.6 is 12.2 Å². The number of carbonyl (C=O) groups is 1. The zero-order valence-corrected chi connectivity index (χ0v) is 11.3. The van der Waals surface area contributed by atoms with Crippen LogP contribution in [0.5, 0.6) is 0 Å². The second-order valence-electron chi connectivity index (χ2n) is 5.99. The topological polar surface area (TPSA) is 41.1 Å². The van der Waals surface area contributed by atoms with Gasteiger partial charge in [-0.05, 0) is 38.4 Å². The van der Waals surface area contributed by atoms with E-state index in [2.05, 4.69) is 10.6 Å². The largest absolute Gasteiger partial charge is 0.358 e. The van der Waals surface area contributed by atoms with E-state index in [1.54, 1.807) is 0 Å². The highest BCUT2D eigenvalue weighted by atomic mass is 32.1. The summed E-state index contributed by atoms with van der Waals surface area (Å²) in [5.41, 5.74) is -0.131. The van der Waals surface area contributed by atoms with Crippen LogP contribution in [-0.2, 0) is 4.79 Å². The number of rotatable bonds is 1. The van der Waals surface area contributed by atoms with Gasteiger partial charge in [0.15, 0.2) is 5.11 Å². The van der Waals surface area contributed by atoms with Crippen molar-refractivity contribution in [3.05, 3.63) is 0 Å². The summed E-state index contributed by atoms with van der Waals surface area (Å²) in [7, 11) is 0. The molecule has 3 nitrogen and oxygen atoms in total. The summed E-state index contributed by atoms with van der Waals surface area (Å²) in [5, 5.41) is 6.11. The van der Waals surface area contributed by atoms with E-state index in [4.69, 9.17) is 12.2 Å². The Morgan fingerprint density at radius 2 is 1.60 bits per heavy atom. The minimum atomic E-state index is -0.119. The highest BCUT2D eigenvalue weighted by molar-refractivity contribution is 7.80. The van der Waals surface area contributed by atoms with Crippen LogP contribution in [0.15, 0.2) is 0 Å². The summed E-state index contributed by atoms with van der Waals surface area (Å²) in [6.45, 7) is 12.0. The van der Waals surface area contributed by atoms with Crippen molar-refractivity contribution in [1.29, 1.82) is 0 Å². The zero-order valence-electron chi connectivity index (χ0n) is 10.5. The molecule has 0 unspecified atom stereocenters. The molecule has 0 rings (SSSR count). The lowest BCUT2D eigenvalue weighted by Gasteiger charge is -2.23. The number of thiocarbonyl (C=S) groups is 1. The van der Waals surface area contributed by atoms with Gasteiger partial charge in [-0.2, -0.15) is 0 Å². The molecule has 0 atom stereocenters. The van der Waals surface area contributed by atoms with Crippen molar-refractivity contribution in [2.45, 2.75) is 53.5 Å². The fourth-order valence-electron chi connectivity index (χ4n) is 1.02. The van der Waals surface area contributed by atoms with Gasteiger partial charge in [0.05, 0.1) is 0 Å². The lowest BCUT2D eigenvalue weighted by atomic mass is 9.92. The van der Waals surface area contributed by atoms with Gasteiger partial charge in [-0.15, -0.1) is 0 Å². The first kappa shape index (κ1) is 14.4. The summed E-state index contributed by atoms with van der Waals surface area (Å²) in [6, 6.07) is 0. The highest BCUT2D eigenvalue weighted by Gasteiger charge is 2.18. The van der Waals surface area contributed by atoms with Crippen molar-refractivity contribution in [3.63, 3.8) is 0 Å². The van der Waals surface area contributed by atoms with Crippen LogP contribution in [0.3, 0.4) is 0 Å². The third-order valence-corrected chi connectivity index (χ3v) is 1.64. The molecule has 0 aromatic heterocycles. The van der Waals surface area contributed by atoms with Crippen LogP contribution in [0, 0.1) is 5.41 Å².